The zero-order chi connectivity index (χ0) is 18.6. The highest BCUT2D eigenvalue weighted by molar-refractivity contribution is 7.89. The normalized spacial score (nSPS) is 22.5. The van der Waals surface area contributed by atoms with Gasteiger partial charge in [-0.15, -0.1) is 0 Å². The van der Waals surface area contributed by atoms with Crippen molar-refractivity contribution < 1.29 is 13.2 Å². The molecule has 1 saturated carbocycles. The molecule has 0 radical (unpaired) electrons. The molecule has 1 heterocycles. The third kappa shape index (κ3) is 4.08. The number of rotatable bonds is 4. The average Bonchev–Trinajstić information content (AvgIpc) is 2.68. The van der Waals surface area contributed by atoms with Gasteiger partial charge in [-0.05, 0) is 37.8 Å². The van der Waals surface area contributed by atoms with Crippen LogP contribution in [-0.4, -0.2) is 37.8 Å². The molecule has 2 aliphatic rings. The predicted octanol–water partition coefficient (Wildman–Crippen LogP) is 2.41. The van der Waals surface area contributed by atoms with Crippen LogP contribution in [0.15, 0.2) is 29.2 Å². The van der Waals surface area contributed by atoms with Crippen molar-refractivity contribution in [3.05, 3.63) is 29.8 Å². The molecule has 26 heavy (non-hydrogen) atoms. The van der Waals surface area contributed by atoms with Crippen LogP contribution in [0.3, 0.4) is 0 Å². The summed E-state index contributed by atoms with van der Waals surface area (Å²) in [6.07, 6.45) is 6.71. The highest BCUT2D eigenvalue weighted by Crippen LogP contribution is 2.26. The Morgan fingerprint density at radius 1 is 1.12 bits per heavy atom. The van der Waals surface area contributed by atoms with E-state index >= 15 is 0 Å². The first-order valence-electron chi connectivity index (χ1n) is 9.32. The summed E-state index contributed by atoms with van der Waals surface area (Å²) in [5.41, 5.74) is 0.154. The number of carbonyl (C=O) groups is 1. The summed E-state index contributed by atoms with van der Waals surface area (Å²) in [5.74, 6) is 0.126. The molecule has 1 amide bonds. The lowest BCUT2D eigenvalue weighted by atomic mass is 9.88. The Morgan fingerprint density at radius 3 is 2.58 bits per heavy atom. The Morgan fingerprint density at radius 2 is 1.85 bits per heavy atom. The maximum atomic E-state index is 13.0. The highest BCUT2D eigenvalue weighted by Gasteiger charge is 2.33. The Kier molecular flexibility index (Phi) is 5.94. The maximum Gasteiger partial charge on any atom is 0.244 e. The minimum Gasteiger partial charge on any atom is -0.352 e. The fourth-order valence-corrected chi connectivity index (χ4v) is 5.55. The molecule has 1 saturated heterocycles. The predicted molar refractivity (Wildman–Crippen MR) is 97.7 cm³/mol. The summed E-state index contributed by atoms with van der Waals surface area (Å²) >= 11 is 0. The molecule has 0 spiro atoms. The lowest BCUT2D eigenvalue weighted by Crippen LogP contribution is -2.50. The lowest BCUT2D eigenvalue weighted by molar-refractivity contribution is -0.126. The molecular weight excluding hydrogens is 350 g/mol. The van der Waals surface area contributed by atoms with Crippen LogP contribution >= 0.6 is 0 Å². The molecule has 0 bridgehead atoms. The molecule has 0 aromatic heterocycles. The van der Waals surface area contributed by atoms with Crippen LogP contribution in [0.25, 0.3) is 0 Å². The number of carbonyl (C=O) groups excluding carboxylic acids is 1. The fraction of sp³-hybridized carbons (Fsp3) is 0.579. The van der Waals surface area contributed by atoms with E-state index in [1.807, 2.05) is 6.07 Å². The minimum absolute atomic E-state index is 0.0433. The molecule has 140 valence electrons. The Hall–Kier alpha value is -1.91. The molecule has 3 rings (SSSR count). The summed E-state index contributed by atoms with van der Waals surface area (Å²) in [7, 11) is -3.74. The lowest BCUT2D eigenvalue weighted by Gasteiger charge is -2.33. The number of benzene rings is 1. The topological polar surface area (TPSA) is 90.3 Å². The van der Waals surface area contributed by atoms with Crippen LogP contribution in [0, 0.1) is 17.2 Å². The molecule has 2 fully saturated rings. The van der Waals surface area contributed by atoms with E-state index in [1.165, 1.54) is 22.9 Å². The third-order valence-electron chi connectivity index (χ3n) is 5.33. The largest absolute Gasteiger partial charge is 0.352 e. The van der Waals surface area contributed by atoms with E-state index in [2.05, 4.69) is 5.32 Å². The van der Waals surface area contributed by atoms with Crippen LogP contribution in [-0.2, 0) is 14.8 Å². The first kappa shape index (κ1) is 18.9. The van der Waals surface area contributed by atoms with Gasteiger partial charge in [0, 0.05) is 25.0 Å². The van der Waals surface area contributed by atoms with E-state index in [0.29, 0.717) is 13.0 Å². The second kappa shape index (κ2) is 8.19. The highest BCUT2D eigenvalue weighted by atomic mass is 32.2. The molecule has 1 aromatic carbocycles. The Balaban J connectivity index is 1.69. The number of hydrogen-bond donors (Lipinski definition) is 1. The van der Waals surface area contributed by atoms with E-state index in [4.69, 9.17) is 0 Å². The van der Waals surface area contributed by atoms with Crippen LogP contribution in [0.4, 0.5) is 0 Å². The van der Waals surface area contributed by atoms with Gasteiger partial charge in [0.1, 0.15) is 6.07 Å². The molecule has 0 unspecified atom stereocenters. The molecule has 1 aliphatic carbocycles. The second-order valence-electron chi connectivity index (χ2n) is 7.15. The number of hydrogen-bond acceptors (Lipinski definition) is 4. The van der Waals surface area contributed by atoms with Gasteiger partial charge in [-0.25, -0.2) is 8.42 Å². The summed E-state index contributed by atoms with van der Waals surface area (Å²) in [4.78, 5) is 12.5. The minimum atomic E-state index is -3.74. The van der Waals surface area contributed by atoms with Gasteiger partial charge in [0.2, 0.25) is 15.9 Å². The van der Waals surface area contributed by atoms with Crippen LogP contribution in [0.5, 0.6) is 0 Å². The maximum absolute atomic E-state index is 13.0. The first-order valence-corrected chi connectivity index (χ1v) is 10.8. The SMILES string of the molecule is N#Cc1ccccc1S(=O)(=O)N1CCC[C@H](NC(=O)C2CCCCC2)C1. The Bertz CT molecular complexity index is 794. The zero-order valence-corrected chi connectivity index (χ0v) is 15.7. The molecule has 1 aromatic rings. The number of sulfonamides is 1. The second-order valence-corrected chi connectivity index (χ2v) is 9.06. The molecule has 1 N–H and O–H groups in total. The van der Waals surface area contributed by atoms with Gasteiger partial charge in [-0.1, -0.05) is 31.4 Å². The smallest absolute Gasteiger partial charge is 0.244 e. The molecule has 7 heteroatoms. The van der Waals surface area contributed by atoms with Crippen molar-refractivity contribution in [2.24, 2.45) is 5.92 Å². The van der Waals surface area contributed by atoms with Gasteiger partial charge in [0.25, 0.3) is 0 Å². The molecule has 1 atom stereocenters. The van der Waals surface area contributed by atoms with Crippen LogP contribution in [0.1, 0.15) is 50.5 Å². The van der Waals surface area contributed by atoms with E-state index in [-0.39, 0.29) is 34.9 Å². The summed E-state index contributed by atoms with van der Waals surface area (Å²) < 4.78 is 27.3. The van der Waals surface area contributed by atoms with Gasteiger partial charge in [0.05, 0.1) is 10.5 Å². The first-order chi connectivity index (χ1) is 12.5. The van der Waals surface area contributed by atoms with Crippen molar-refractivity contribution in [3.63, 3.8) is 0 Å². The van der Waals surface area contributed by atoms with Gasteiger partial charge in [0.15, 0.2) is 0 Å². The van der Waals surface area contributed by atoms with E-state index in [9.17, 15) is 18.5 Å². The van der Waals surface area contributed by atoms with Gasteiger partial charge in [-0.3, -0.25) is 4.79 Å². The van der Waals surface area contributed by atoms with Crippen molar-refractivity contribution >= 4 is 15.9 Å². The van der Waals surface area contributed by atoms with E-state index in [0.717, 1.165) is 32.1 Å². The summed E-state index contributed by atoms with van der Waals surface area (Å²) in [6.45, 7) is 0.679. The van der Waals surface area contributed by atoms with Crippen LogP contribution < -0.4 is 5.32 Å². The monoisotopic (exact) mass is 375 g/mol. The van der Waals surface area contributed by atoms with Crippen LogP contribution in [0.2, 0.25) is 0 Å². The molecule has 1 aliphatic heterocycles. The van der Waals surface area contributed by atoms with Crippen molar-refractivity contribution in [3.8, 4) is 6.07 Å². The molecule has 6 nitrogen and oxygen atoms in total. The fourth-order valence-electron chi connectivity index (χ4n) is 3.89. The van der Waals surface area contributed by atoms with Gasteiger partial charge in [-0.2, -0.15) is 9.57 Å². The summed E-state index contributed by atoms with van der Waals surface area (Å²) in [5, 5.41) is 12.3. The van der Waals surface area contributed by atoms with Crippen molar-refractivity contribution in [2.75, 3.05) is 13.1 Å². The van der Waals surface area contributed by atoms with E-state index < -0.39 is 10.0 Å². The zero-order valence-electron chi connectivity index (χ0n) is 14.9. The number of nitrogens with one attached hydrogen (secondary N) is 1. The summed E-state index contributed by atoms with van der Waals surface area (Å²) in [6, 6.07) is 8.05. The standard InChI is InChI=1S/C19H25N3O3S/c20-13-16-9-4-5-11-18(16)26(24,25)22-12-6-10-17(14-22)21-19(23)15-7-2-1-3-8-15/h4-5,9,11,15,17H,1-3,6-8,10,12,14H2,(H,21,23)/t17-/m0/s1. The molecular formula is C19H25N3O3S. The van der Waals surface area contributed by atoms with E-state index in [1.54, 1.807) is 12.1 Å². The van der Waals surface area contributed by atoms with Crippen molar-refractivity contribution in [1.29, 1.82) is 5.26 Å². The van der Waals surface area contributed by atoms with Crippen molar-refractivity contribution in [2.45, 2.75) is 55.9 Å². The Labute approximate surface area is 155 Å². The van der Waals surface area contributed by atoms with Crippen molar-refractivity contribution in [1.82, 2.24) is 9.62 Å². The third-order valence-corrected chi connectivity index (χ3v) is 7.26. The number of piperidine rings is 1. The quantitative estimate of drug-likeness (QED) is 0.875. The average molecular weight is 375 g/mol. The van der Waals surface area contributed by atoms with Gasteiger partial charge < -0.3 is 5.32 Å². The van der Waals surface area contributed by atoms with Gasteiger partial charge >= 0.3 is 0 Å². The number of nitrogens with zero attached hydrogens (tertiary/aromatic N) is 2. The number of nitriles is 1. The number of amides is 1.